The minimum Gasteiger partial charge on any atom is -0.444 e. The van der Waals surface area contributed by atoms with E-state index in [4.69, 9.17) is 16.3 Å². The van der Waals surface area contributed by atoms with Gasteiger partial charge in [0.2, 0.25) is 5.91 Å². The summed E-state index contributed by atoms with van der Waals surface area (Å²) in [5.74, 6) is -0.591. The van der Waals surface area contributed by atoms with Gasteiger partial charge in [-0.05, 0) is 39.3 Å². The summed E-state index contributed by atoms with van der Waals surface area (Å²) in [6, 6.07) is 6.77. The molecule has 3 amide bonds. The van der Waals surface area contributed by atoms with Crippen molar-refractivity contribution in [3.05, 3.63) is 34.9 Å². The monoisotopic (exact) mass is 369 g/mol. The molecule has 8 heteroatoms. The fraction of sp³-hybridized carbons (Fsp3) is 0.471. The van der Waals surface area contributed by atoms with Gasteiger partial charge in [-0.25, -0.2) is 4.79 Å². The van der Waals surface area contributed by atoms with Crippen molar-refractivity contribution >= 4 is 29.5 Å². The van der Waals surface area contributed by atoms with E-state index in [1.54, 1.807) is 45.0 Å². The lowest BCUT2D eigenvalue weighted by molar-refractivity contribution is -0.120. The van der Waals surface area contributed by atoms with Crippen LogP contribution >= 0.6 is 11.6 Å². The highest BCUT2D eigenvalue weighted by Gasteiger charge is 2.16. The Labute approximate surface area is 152 Å². The molecule has 0 aliphatic carbocycles. The second-order valence-corrected chi connectivity index (χ2v) is 6.70. The van der Waals surface area contributed by atoms with Crippen LogP contribution in [0.25, 0.3) is 0 Å². The standard InChI is InChI=1S/C17H24ClN3O4/c1-17(2,3)25-16(24)21-11-14(22)19-9-6-10-20-15(23)12-7-4-5-8-13(12)18/h4-5,7-8H,6,9-11H2,1-3H3,(H,19,22)(H,20,23)(H,21,24). The van der Waals surface area contributed by atoms with Crippen LogP contribution in [0, 0.1) is 0 Å². The fourth-order valence-corrected chi connectivity index (χ4v) is 2.01. The number of ether oxygens (including phenoxy) is 1. The summed E-state index contributed by atoms with van der Waals surface area (Å²) in [5.41, 5.74) is -0.199. The number of hydrogen-bond donors (Lipinski definition) is 3. The van der Waals surface area contributed by atoms with Gasteiger partial charge in [-0.15, -0.1) is 0 Å². The second kappa shape index (κ2) is 9.88. The van der Waals surface area contributed by atoms with Gasteiger partial charge in [-0.3, -0.25) is 9.59 Å². The molecule has 0 saturated carbocycles. The highest BCUT2D eigenvalue weighted by Crippen LogP contribution is 2.14. The molecule has 0 aliphatic rings. The molecule has 0 aromatic heterocycles. The number of carbonyl (C=O) groups is 3. The van der Waals surface area contributed by atoms with E-state index in [-0.39, 0.29) is 18.4 Å². The molecule has 0 atom stereocenters. The maximum atomic E-state index is 11.9. The lowest BCUT2D eigenvalue weighted by Gasteiger charge is -2.19. The van der Waals surface area contributed by atoms with Crippen LogP contribution < -0.4 is 16.0 Å². The maximum Gasteiger partial charge on any atom is 0.408 e. The SMILES string of the molecule is CC(C)(C)OC(=O)NCC(=O)NCCCNC(=O)c1ccccc1Cl. The van der Waals surface area contributed by atoms with Crippen LogP contribution in [0.5, 0.6) is 0 Å². The van der Waals surface area contributed by atoms with Gasteiger partial charge >= 0.3 is 6.09 Å². The van der Waals surface area contributed by atoms with Crippen molar-refractivity contribution in [2.24, 2.45) is 0 Å². The minimum absolute atomic E-state index is 0.166. The Morgan fingerprint density at radius 2 is 1.68 bits per heavy atom. The van der Waals surface area contributed by atoms with E-state index >= 15 is 0 Å². The zero-order valence-electron chi connectivity index (χ0n) is 14.6. The van der Waals surface area contributed by atoms with Crippen LogP contribution in [-0.4, -0.2) is 43.1 Å². The summed E-state index contributed by atoms with van der Waals surface area (Å²) < 4.78 is 5.02. The Balaban J connectivity index is 2.15. The normalized spacial score (nSPS) is 10.7. The molecule has 0 saturated heterocycles. The third-order valence-corrected chi connectivity index (χ3v) is 3.20. The molecule has 1 aromatic carbocycles. The molecule has 0 aliphatic heterocycles. The summed E-state index contributed by atoms with van der Waals surface area (Å²) in [5, 5.41) is 8.12. The van der Waals surface area contributed by atoms with Gasteiger partial charge < -0.3 is 20.7 Å². The number of amides is 3. The molecule has 1 aromatic rings. The minimum atomic E-state index is -0.644. The average molecular weight is 370 g/mol. The summed E-state index contributed by atoms with van der Waals surface area (Å²) in [7, 11) is 0. The Hall–Kier alpha value is -2.28. The van der Waals surface area contributed by atoms with Gasteiger partial charge in [0.1, 0.15) is 5.60 Å². The van der Waals surface area contributed by atoms with Crippen molar-refractivity contribution in [1.82, 2.24) is 16.0 Å². The molecule has 7 nitrogen and oxygen atoms in total. The molecule has 138 valence electrons. The maximum absolute atomic E-state index is 11.9. The number of rotatable bonds is 7. The van der Waals surface area contributed by atoms with Crippen molar-refractivity contribution in [2.45, 2.75) is 32.8 Å². The predicted octanol–water partition coefficient (Wildman–Crippen LogP) is 2.10. The third-order valence-electron chi connectivity index (χ3n) is 2.87. The van der Waals surface area contributed by atoms with Crippen LogP contribution in [-0.2, 0) is 9.53 Å². The van der Waals surface area contributed by atoms with E-state index in [0.717, 1.165) is 0 Å². The molecular formula is C17H24ClN3O4. The van der Waals surface area contributed by atoms with Crippen molar-refractivity contribution in [2.75, 3.05) is 19.6 Å². The zero-order valence-corrected chi connectivity index (χ0v) is 15.4. The fourth-order valence-electron chi connectivity index (χ4n) is 1.79. The lowest BCUT2D eigenvalue weighted by Crippen LogP contribution is -2.40. The van der Waals surface area contributed by atoms with Gasteiger partial charge in [-0.2, -0.15) is 0 Å². The number of benzene rings is 1. The summed E-state index contributed by atoms with van der Waals surface area (Å²) >= 11 is 5.94. The van der Waals surface area contributed by atoms with Crippen molar-refractivity contribution in [3.63, 3.8) is 0 Å². The first-order valence-electron chi connectivity index (χ1n) is 7.95. The molecule has 0 bridgehead atoms. The lowest BCUT2D eigenvalue weighted by atomic mass is 10.2. The van der Waals surface area contributed by atoms with Crippen LogP contribution in [0.2, 0.25) is 5.02 Å². The highest BCUT2D eigenvalue weighted by molar-refractivity contribution is 6.33. The second-order valence-electron chi connectivity index (χ2n) is 6.29. The number of halogens is 1. The summed E-state index contributed by atoms with van der Waals surface area (Å²) in [4.78, 5) is 34.9. The number of hydrogen-bond acceptors (Lipinski definition) is 4. The van der Waals surface area contributed by atoms with Gasteiger partial charge in [0.15, 0.2) is 0 Å². The van der Waals surface area contributed by atoms with Crippen molar-refractivity contribution in [1.29, 1.82) is 0 Å². The van der Waals surface area contributed by atoms with E-state index < -0.39 is 11.7 Å². The zero-order chi connectivity index (χ0) is 18.9. The van der Waals surface area contributed by atoms with Crippen LogP contribution in [0.1, 0.15) is 37.6 Å². The average Bonchev–Trinajstić information content (AvgIpc) is 2.51. The van der Waals surface area contributed by atoms with Crippen LogP contribution in [0.3, 0.4) is 0 Å². The first-order chi connectivity index (χ1) is 11.7. The van der Waals surface area contributed by atoms with Gasteiger partial charge in [0, 0.05) is 13.1 Å². The molecule has 0 fully saturated rings. The quantitative estimate of drug-likeness (QED) is 0.641. The van der Waals surface area contributed by atoms with Gasteiger partial charge in [-0.1, -0.05) is 23.7 Å². The highest BCUT2D eigenvalue weighted by atomic mass is 35.5. The predicted molar refractivity (Wildman–Crippen MR) is 95.6 cm³/mol. The Kier molecular flexibility index (Phi) is 8.21. The Morgan fingerprint density at radius 1 is 1.04 bits per heavy atom. The smallest absolute Gasteiger partial charge is 0.408 e. The number of alkyl carbamates (subject to hydrolysis) is 1. The summed E-state index contributed by atoms with van der Waals surface area (Å²) in [6.45, 7) is 5.82. The first-order valence-corrected chi connectivity index (χ1v) is 8.33. The van der Waals surface area contributed by atoms with E-state index in [9.17, 15) is 14.4 Å². The van der Waals surface area contributed by atoms with Crippen LogP contribution in [0.15, 0.2) is 24.3 Å². The Bertz CT molecular complexity index is 614. The molecule has 1 rings (SSSR count). The number of carbonyl (C=O) groups excluding carboxylic acids is 3. The largest absolute Gasteiger partial charge is 0.444 e. The topological polar surface area (TPSA) is 96.5 Å². The van der Waals surface area contributed by atoms with Crippen molar-refractivity contribution < 1.29 is 19.1 Å². The van der Waals surface area contributed by atoms with E-state index in [1.807, 2.05) is 0 Å². The molecule has 0 unspecified atom stereocenters. The third kappa shape index (κ3) is 8.95. The van der Waals surface area contributed by atoms with E-state index in [1.165, 1.54) is 0 Å². The molecule has 0 spiro atoms. The van der Waals surface area contributed by atoms with E-state index in [0.29, 0.717) is 30.1 Å². The molecule has 3 N–H and O–H groups in total. The van der Waals surface area contributed by atoms with Crippen LogP contribution in [0.4, 0.5) is 4.79 Å². The van der Waals surface area contributed by atoms with Gasteiger partial charge in [0.05, 0.1) is 17.1 Å². The molecular weight excluding hydrogens is 346 g/mol. The summed E-state index contributed by atoms with van der Waals surface area (Å²) in [6.07, 6.45) is -0.0939. The Morgan fingerprint density at radius 3 is 2.32 bits per heavy atom. The molecule has 0 radical (unpaired) electrons. The number of nitrogens with one attached hydrogen (secondary N) is 3. The molecule has 25 heavy (non-hydrogen) atoms. The first kappa shape index (κ1) is 20.8. The van der Waals surface area contributed by atoms with Gasteiger partial charge in [0.25, 0.3) is 5.91 Å². The van der Waals surface area contributed by atoms with E-state index in [2.05, 4.69) is 16.0 Å². The molecule has 0 heterocycles. The van der Waals surface area contributed by atoms with Crippen molar-refractivity contribution in [3.8, 4) is 0 Å².